The molecule has 3 heterocycles. The Morgan fingerprint density at radius 1 is 1.21 bits per heavy atom. The number of H-pyrrole nitrogens is 1. The first kappa shape index (κ1) is 22.6. The van der Waals surface area contributed by atoms with Crippen LogP contribution in [0, 0.1) is 6.92 Å². The number of nitrogens with one attached hydrogen (secondary N) is 2. The van der Waals surface area contributed by atoms with Crippen LogP contribution in [0.4, 0.5) is 0 Å². The second-order valence-corrected chi connectivity index (χ2v) is 8.77. The Morgan fingerprint density at radius 3 is 2.70 bits per heavy atom. The van der Waals surface area contributed by atoms with Gasteiger partial charge in [-0.15, -0.1) is 0 Å². The molecule has 8 heteroatoms. The van der Waals surface area contributed by atoms with Gasteiger partial charge in [-0.3, -0.25) is 14.7 Å². The molecule has 1 saturated heterocycles. The third-order valence-electron chi connectivity index (χ3n) is 6.04. The maximum atomic E-state index is 13.2. The summed E-state index contributed by atoms with van der Waals surface area (Å²) in [6.45, 7) is 6.99. The molecule has 4 rings (SSSR count). The van der Waals surface area contributed by atoms with Crippen LogP contribution in [0.5, 0.6) is 0 Å². The van der Waals surface area contributed by atoms with Crippen molar-refractivity contribution in [2.24, 2.45) is 0 Å². The number of hydrogen-bond donors (Lipinski definition) is 2. The van der Waals surface area contributed by atoms with Crippen molar-refractivity contribution in [1.82, 2.24) is 30.4 Å². The highest BCUT2D eigenvalue weighted by molar-refractivity contribution is 5.95. The van der Waals surface area contributed by atoms with Crippen molar-refractivity contribution in [2.45, 2.75) is 58.5 Å². The number of carbonyl (C=O) groups excluding carboxylic acids is 2. The number of benzene rings is 1. The van der Waals surface area contributed by atoms with Gasteiger partial charge in [0.15, 0.2) is 5.82 Å². The Morgan fingerprint density at radius 2 is 2.00 bits per heavy atom. The minimum Gasteiger partial charge on any atom is -0.348 e. The molecule has 1 aliphatic rings. The monoisotopic (exact) mass is 446 g/mol. The molecule has 2 aromatic heterocycles. The predicted molar refractivity (Wildman–Crippen MR) is 125 cm³/mol. The number of carbonyl (C=O) groups is 2. The molecule has 0 unspecified atom stereocenters. The number of aromatic nitrogens is 4. The minimum atomic E-state index is -0.231. The lowest BCUT2D eigenvalue weighted by Crippen LogP contribution is -2.39. The number of hydrogen-bond acceptors (Lipinski definition) is 5. The van der Waals surface area contributed by atoms with Gasteiger partial charge in [-0.25, -0.2) is 9.97 Å². The molecule has 0 saturated carbocycles. The number of piperidine rings is 1. The lowest BCUT2D eigenvalue weighted by molar-refractivity contribution is 0.0593. The van der Waals surface area contributed by atoms with Gasteiger partial charge in [0.05, 0.1) is 17.3 Å². The lowest BCUT2D eigenvalue weighted by Gasteiger charge is -2.34. The number of likely N-dealkylation sites (tertiary alicyclic amines) is 1. The average molecular weight is 447 g/mol. The second kappa shape index (κ2) is 9.94. The first-order chi connectivity index (χ1) is 15.9. The molecule has 3 aromatic rings. The quantitative estimate of drug-likeness (QED) is 0.597. The Kier molecular flexibility index (Phi) is 6.82. The van der Waals surface area contributed by atoms with E-state index in [1.54, 1.807) is 13.1 Å². The van der Waals surface area contributed by atoms with E-state index in [1.165, 1.54) is 0 Å². The van der Waals surface area contributed by atoms with Crippen molar-refractivity contribution in [2.75, 3.05) is 6.54 Å². The standard InChI is InChI=1S/C25H30N6O2/c1-16(2)20-13-21(30-29-20)25(33)31-12-8-7-11-22(31)23-26-15-19(17(3)28-23)24(32)27-14-18-9-5-4-6-10-18/h4-6,9-10,13,15-16,22H,7-8,11-12,14H2,1-3H3,(H,27,32)(H,29,30)/t22-/m1/s1. The maximum absolute atomic E-state index is 13.2. The number of rotatable bonds is 6. The summed E-state index contributed by atoms with van der Waals surface area (Å²) in [6.07, 6.45) is 4.28. The zero-order chi connectivity index (χ0) is 23.4. The molecule has 33 heavy (non-hydrogen) atoms. The zero-order valence-electron chi connectivity index (χ0n) is 19.3. The minimum absolute atomic E-state index is 0.117. The van der Waals surface area contributed by atoms with Crippen LogP contribution in [0.3, 0.4) is 0 Å². The molecule has 0 spiro atoms. The highest BCUT2D eigenvalue weighted by atomic mass is 16.2. The van der Waals surface area contributed by atoms with E-state index >= 15 is 0 Å². The predicted octanol–water partition coefficient (Wildman–Crippen LogP) is 3.93. The highest BCUT2D eigenvalue weighted by Gasteiger charge is 2.32. The molecule has 2 N–H and O–H groups in total. The van der Waals surface area contributed by atoms with E-state index in [9.17, 15) is 9.59 Å². The van der Waals surface area contributed by atoms with Gasteiger partial charge < -0.3 is 10.2 Å². The van der Waals surface area contributed by atoms with Crippen LogP contribution < -0.4 is 5.32 Å². The fourth-order valence-electron chi connectivity index (χ4n) is 4.07. The molecule has 8 nitrogen and oxygen atoms in total. The Balaban J connectivity index is 1.50. The molecule has 2 amide bonds. The normalized spacial score (nSPS) is 16.1. The van der Waals surface area contributed by atoms with Gasteiger partial charge in [-0.05, 0) is 43.7 Å². The van der Waals surface area contributed by atoms with Gasteiger partial charge in [-0.1, -0.05) is 44.2 Å². The summed E-state index contributed by atoms with van der Waals surface area (Å²) in [5, 5.41) is 10.1. The van der Waals surface area contributed by atoms with Crippen LogP contribution in [-0.2, 0) is 6.54 Å². The second-order valence-electron chi connectivity index (χ2n) is 8.77. The first-order valence-corrected chi connectivity index (χ1v) is 11.5. The van der Waals surface area contributed by atoms with E-state index in [4.69, 9.17) is 0 Å². The van der Waals surface area contributed by atoms with Gasteiger partial charge in [0, 0.05) is 25.0 Å². The molecule has 0 bridgehead atoms. The molecular formula is C25H30N6O2. The van der Waals surface area contributed by atoms with Gasteiger partial charge in [0.2, 0.25) is 0 Å². The molecule has 1 fully saturated rings. The summed E-state index contributed by atoms with van der Waals surface area (Å²) in [6, 6.07) is 11.3. The molecule has 172 valence electrons. The van der Waals surface area contributed by atoms with Gasteiger partial charge in [0.25, 0.3) is 11.8 Å². The maximum Gasteiger partial charge on any atom is 0.274 e. The molecule has 0 radical (unpaired) electrons. The fraction of sp³-hybridized carbons (Fsp3) is 0.400. The Labute approximate surface area is 193 Å². The molecule has 0 aliphatic carbocycles. The smallest absolute Gasteiger partial charge is 0.274 e. The van der Waals surface area contributed by atoms with Gasteiger partial charge in [0.1, 0.15) is 5.69 Å². The summed E-state index contributed by atoms with van der Waals surface area (Å²) in [5.74, 6) is 0.508. The van der Waals surface area contributed by atoms with Crippen molar-refractivity contribution in [3.05, 3.63) is 76.6 Å². The number of amides is 2. The number of aromatic amines is 1. The van der Waals surface area contributed by atoms with Crippen molar-refractivity contribution < 1.29 is 9.59 Å². The van der Waals surface area contributed by atoms with E-state index in [-0.39, 0.29) is 23.8 Å². The first-order valence-electron chi connectivity index (χ1n) is 11.5. The van der Waals surface area contributed by atoms with E-state index in [2.05, 4.69) is 39.3 Å². The third kappa shape index (κ3) is 5.10. The van der Waals surface area contributed by atoms with E-state index in [0.29, 0.717) is 35.9 Å². The number of nitrogens with zero attached hydrogens (tertiary/aromatic N) is 4. The van der Waals surface area contributed by atoms with Crippen LogP contribution >= 0.6 is 0 Å². The van der Waals surface area contributed by atoms with Crippen LogP contribution in [0.25, 0.3) is 0 Å². The van der Waals surface area contributed by atoms with Gasteiger partial charge >= 0.3 is 0 Å². The van der Waals surface area contributed by atoms with Gasteiger partial charge in [-0.2, -0.15) is 5.10 Å². The molecular weight excluding hydrogens is 416 g/mol. The van der Waals surface area contributed by atoms with Crippen molar-refractivity contribution in [3.8, 4) is 0 Å². The molecule has 1 aromatic carbocycles. The van der Waals surface area contributed by atoms with E-state index in [0.717, 1.165) is 30.5 Å². The van der Waals surface area contributed by atoms with Crippen molar-refractivity contribution >= 4 is 11.8 Å². The fourth-order valence-corrected chi connectivity index (χ4v) is 4.07. The van der Waals surface area contributed by atoms with Crippen LogP contribution in [-0.4, -0.2) is 43.4 Å². The van der Waals surface area contributed by atoms with Crippen molar-refractivity contribution in [1.29, 1.82) is 0 Å². The summed E-state index contributed by atoms with van der Waals surface area (Å²) in [5.41, 5.74) is 3.42. The lowest BCUT2D eigenvalue weighted by atomic mass is 10.0. The molecule has 1 aliphatic heterocycles. The topological polar surface area (TPSA) is 104 Å². The third-order valence-corrected chi connectivity index (χ3v) is 6.04. The molecule has 1 atom stereocenters. The highest BCUT2D eigenvalue weighted by Crippen LogP contribution is 2.30. The van der Waals surface area contributed by atoms with E-state index < -0.39 is 0 Å². The Hall–Kier alpha value is -3.55. The SMILES string of the molecule is Cc1nc([C@H]2CCCCN2C(=O)c2cc(C(C)C)[nH]n2)ncc1C(=O)NCc1ccccc1. The van der Waals surface area contributed by atoms with Crippen LogP contribution in [0.1, 0.15) is 88.7 Å². The van der Waals surface area contributed by atoms with Crippen LogP contribution in [0.2, 0.25) is 0 Å². The largest absolute Gasteiger partial charge is 0.348 e. The van der Waals surface area contributed by atoms with Crippen molar-refractivity contribution in [3.63, 3.8) is 0 Å². The summed E-state index contributed by atoms with van der Waals surface area (Å²) in [4.78, 5) is 36.9. The van der Waals surface area contributed by atoms with Crippen LogP contribution in [0.15, 0.2) is 42.6 Å². The Bertz CT molecular complexity index is 1120. The van der Waals surface area contributed by atoms with E-state index in [1.807, 2.05) is 41.3 Å². The summed E-state index contributed by atoms with van der Waals surface area (Å²) in [7, 11) is 0. The summed E-state index contributed by atoms with van der Waals surface area (Å²) < 4.78 is 0. The zero-order valence-corrected chi connectivity index (χ0v) is 19.3. The average Bonchev–Trinajstić information content (AvgIpc) is 3.33. The summed E-state index contributed by atoms with van der Waals surface area (Å²) >= 11 is 0. The number of aryl methyl sites for hydroxylation is 1.